The maximum Gasteiger partial charge on any atom is 0.411 e. The molecule has 2 unspecified atom stereocenters. The van der Waals surface area contributed by atoms with Gasteiger partial charge in [-0.2, -0.15) is 0 Å². The first kappa shape index (κ1) is 32.8. The van der Waals surface area contributed by atoms with E-state index < -0.39 is 35.7 Å². The van der Waals surface area contributed by atoms with Crippen molar-refractivity contribution in [3.63, 3.8) is 0 Å². The van der Waals surface area contributed by atoms with Crippen LogP contribution in [0.1, 0.15) is 47.8 Å². The third kappa shape index (κ3) is 7.80. The molecule has 2 atom stereocenters. The molecular weight excluding hydrogens is 608 g/mol. The third-order valence-corrected chi connectivity index (χ3v) is 8.47. The summed E-state index contributed by atoms with van der Waals surface area (Å²) in [6.07, 6.45) is -0.0925. The number of aromatic carboxylic acids is 1. The molecule has 11 heteroatoms. The number of rotatable bonds is 7. The monoisotopic (exact) mass is 646 g/mol. The molecule has 0 saturated carbocycles. The van der Waals surface area contributed by atoms with Crippen LogP contribution in [-0.2, 0) is 33.7 Å². The Bertz CT molecular complexity index is 1600. The summed E-state index contributed by atoms with van der Waals surface area (Å²) in [5.74, 6) is -1.71. The lowest BCUT2D eigenvalue weighted by Gasteiger charge is -2.39. The maximum absolute atomic E-state index is 14.1. The fourth-order valence-corrected chi connectivity index (χ4v) is 6.04. The molecule has 3 aromatic carbocycles. The van der Waals surface area contributed by atoms with Crippen LogP contribution in [0.2, 0.25) is 5.02 Å². The van der Waals surface area contributed by atoms with Gasteiger partial charge in [0.2, 0.25) is 11.8 Å². The number of amides is 3. The predicted molar refractivity (Wildman–Crippen MR) is 175 cm³/mol. The number of fused-ring (bicyclic) bond motifs is 1. The van der Waals surface area contributed by atoms with Crippen molar-refractivity contribution in [3.05, 3.63) is 100 Å². The molecule has 1 saturated heterocycles. The number of hydrogen-bond acceptors (Lipinski definition) is 6. The standard InChI is InChI=1S/C35H39ClN4O6/c1-35(2,3)46-34(45)40-22-25-9-5-4-8-24(25)21-30(40)31(41)37-28(20-23-12-14-26(36)15-13-23)32(42)39-18-16-38(17-19-39)29-11-7-6-10-27(29)33(43)44/h4-15,28,30H,16-22H2,1-3H3,(H,37,41)(H,43,44). The number of carbonyl (C=O) groups excluding carboxylic acids is 3. The van der Waals surface area contributed by atoms with Gasteiger partial charge in [-0.25, -0.2) is 9.59 Å². The topological polar surface area (TPSA) is 119 Å². The zero-order chi connectivity index (χ0) is 33.0. The van der Waals surface area contributed by atoms with Crippen molar-refractivity contribution >= 4 is 41.2 Å². The molecule has 0 bridgehead atoms. The maximum atomic E-state index is 14.1. The highest BCUT2D eigenvalue weighted by molar-refractivity contribution is 6.30. The van der Waals surface area contributed by atoms with Crippen LogP contribution in [0, 0.1) is 0 Å². The zero-order valence-electron chi connectivity index (χ0n) is 26.2. The van der Waals surface area contributed by atoms with E-state index in [1.165, 1.54) is 4.90 Å². The molecule has 46 heavy (non-hydrogen) atoms. The number of carboxylic acids is 1. The van der Waals surface area contributed by atoms with Crippen molar-refractivity contribution in [2.24, 2.45) is 0 Å². The van der Waals surface area contributed by atoms with E-state index in [4.69, 9.17) is 16.3 Å². The number of para-hydroxylation sites is 1. The van der Waals surface area contributed by atoms with Gasteiger partial charge < -0.3 is 25.0 Å². The Morgan fingerprint density at radius 2 is 1.54 bits per heavy atom. The second kappa shape index (κ2) is 13.8. The molecule has 0 radical (unpaired) electrons. The Labute approximate surface area is 273 Å². The number of ether oxygens (including phenoxy) is 1. The Morgan fingerprint density at radius 3 is 2.20 bits per heavy atom. The summed E-state index contributed by atoms with van der Waals surface area (Å²) in [5.41, 5.74) is 2.77. The van der Waals surface area contributed by atoms with Crippen LogP contribution >= 0.6 is 11.6 Å². The van der Waals surface area contributed by atoms with Gasteiger partial charge in [0.25, 0.3) is 0 Å². The van der Waals surface area contributed by atoms with Gasteiger partial charge in [0, 0.05) is 44.0 Å². The molecule has 0 aliphatic carbocycles. The predicted octanol–water partition coefficient (Wildman–Crippen LogP) is 4.78. The molecule has 0 spiro atoms. The Morgan fingerprint density at radius 1 is 0.913 bits per heavy atom. The summed E-state index contributed by atoms with van der Waals surface area (Å²) in [7, 11) is 0. The highest BCUT2D eigenvalue weighted by Gasteiger charge is 2.39. The van der Waals surface area contributed by atoms with Crippen molar-refractivity contribution in [1.29, 1.82) is 0 Å². The summed E-state index contributed by atoms with van der Waals surface area (Å²) in [6.45, 7) is 7.10. The van der Waals surface area contributed by atoms with Crippen LogP contribution in [0.15, 0.2) is 72.8 Å². The van der Waals surface area contributed by atoms with Crippen LogP contribution in [0.5, 0.6) is 0 Å². The van der Waals surface area contributed by atoms with Crippen LogP contribution in [0.3, 0.4) is 0 Å². The van der Waals surface area contributed by atoms with E-state index in [-0.39, 0.29) is 30.9 Å². The highest BCUT2D eigenvalue weighted by atomic mass is 35.5. The second-order valence-corrected chi connectivity index (χ2v) is 13.1. The van der Waals surface area contributed by atoms with Crippen LogP contribution < -0.4 is 10.2 Å². The van der Waals surface area contributed by atoms with E-state index in [1.807, 2.05) is 41.3 Å². The van der Waals surface area contributed by atoms with Crippen molar-refractivity contribution in [3.8, 4) is 0 Å². The molecule has 0 aromatic heterocycles. The number of carboxylic acid groups (broad SMARTS) is 1. The van der Waals surface area contributed by atoms with Gasteiger partial charge in [0.05, 0.1) is 17.8 Å². The Balaban J connectivity index is 1.36. The average molecular weight is 647 g/mol. The SMILES string of the molecule is CC(C)(C)OC(=O)N1Cc2ccccc2CC1C(=O)NC(Cc1ccc(Cl)cc1)C(=O)N1CCN(c2ccccc2C(=O)O)CC1. The number of benzene rings is 3. The molecule has 242 valence electrons. The Hall–Kier alpha value is -4.57. The van der Waals surface area contributed by atoms with Crippen molar-refractivity contribution in [1.82, 2.24) is 15.1 Å². The molecule has 3 aromatic rings. The summed E-state index contributed by atoms with van der Waals surface area (Å²) in [6, 6.07) is 19.8. The summed E-state index contributed by atoms with van der Waals surface area (Å²) in [4.78, 5) is 58.3. The van der Waals surface area contributed by atoms with Crippen molar-refractivity contribution in [2.45, 2.75) is 57.8 Å². The lowest BCUT2D eigenvalue weighted by atomic mass is 9.93. The van der Waals surface area contributed by atoms with Gasteiger partial charge in [-0.3, -0.25) is 14.5 Å². The van der Waals surface area contributed by atoms with Crippen LogP contribution in [0.4, 0.5) is 10.5 Å². The van der Waals surface area contributed by atoms with E-state index in [0.717, 1.165) is 16.7 Å². The van der Waals surface area contributed by atoms with Crippen molar-refractivity contribution in [2.75, 3.05) is 31.1 Å². The first-order valence-corrected chi connectivity index (χ1v) is 15.7. The lowest BCUT2D eigenvalue weighted by Crippen LogP contribution is -2.59. The normalized spacial score (nSPS) is 17.1. The van der Waals surface area contributed by atoms with Gasteiger partial charge >= 0.3 is 12.1 Å². The van der Waals surface area contributed by atoms with E-state index >= 15 is 0 Å². The molecule has 2 N–H and O–H groups in total. The molecule has 2 aliphatic heterocycles. The second-order valence-electron chi connectivity index (χ2n) is 12.6. The number of nitrogens with one attached hydrogen (secondary N) is 1. The summed E-state index contributed by atoms with van der Waals surface area (Å²) < 4.78 is 5.67. The number of anilines is 1. The quantitative estimate of drug-likeness (QED) is 0.379. The van der Waals surface area contributed by atoms with Crippen LogP contribution in [0.25, 0.3) is 0 Å². The van der Waals surface area contributed by atoms with Gasteiger partial charge in [-0.05, 0) is 61.7 Å². The summed E-state index contributed by atoms with van der Waals surface area (Å²) >= 11 is 6.11. The average Bonchev–Trinajstić information content (AvgIpc) is 3.03. The number of piperazine rings is 1. The lowest BCUT2D eigenvalue weighted by molar-refractivity contribution is -0.138. The minimum Gasteiger partial charge on any atom is -0.478 e. The first-order valence-electron chi connectivity index (χ1n) is 15.4. The fraction of sp³-hybridized carbons (Fsp3) is 0.371. The molecular formula is C35H39ClN4O6. The fourth-order valence-electron chi connectivity index (χ4n) is 5.91. The smallest absolute Gasteiger partial charge is 0.411 e. The number of carbonyl (C=O) groups is 4. The zero-order valence-corrected chi connectivity index (χ0v) is 27.0. The van der Waals surface area contributed by atoms with Gasteiger partial charge in [-0.15, -0.1) is 0 Å². The number of hydrogen-bond donors (Lipinski definition) is 2. The minimum atomic E-state index is -1.01. The van der Waals surface area contributed by atoms with E-state index in [2.05, 4.69) is 5.32 Å². The molecule has 5 rings (SSSR count). The summed E-state index contributed by atoms with van der Waals surface area (Å²) in [5, 5.41) is 13.2. The van der Waals surface area contributed by atoms with E-state index in [1.54, 1.807) is 62.1 Å². The highest BCUT2D eigenvalue weighted by Crippen LogP contribution is 2.27. The number of nitrogens with zero attached hydrogens (tertiary/aromatic N) is 3. The number of halogens is 1. The first-order chi connectivity index (χ1) is 21.9. The minimum absolute atomic E-state index is 0.207. The molecule has 2 heterocycles. The third-order valence-electron chi connectivity index (χ3n) is 8.21. The van der Waals surface area contributed by atoms with Gasteiger partial charge in [0.15, 0.2) is 0 Å². The largest absolute Gasteiger partial charge is 0.478 e. The Kier molecular flexibility index (Phi) is 9.86. The van der Waals surface area contributed by atoms with Crippen LogP contribution in [-0.4, -0.2) is 82.6 Å². The molecule has 3 amide bonds. The molecule has 1 fully saturated rings. The van der Waals surface area contributed by atoms with Gasteiger partial charge in [0.1, 0.15) is 17.7 Å². The molecule has 10 nitrogen and oxygen atoms in total. The van der Waals surface area contributed by atoms with E-state index in [0.29, 0.717) is 36.9 Å². The van der Waals surface area contributed by atoms with Gasteiger partial charge in [-0.1, -0.05) is 60.1 Å². The van der Waals surface area contributed by atoms with Crippen molar-refractivity contribution < 1.29 is 29.0 Å². The van der Waals surface area contributed by atoms with E-state index in [9.17, 15) is 24.3 Å². The molecule has 2 aliphatic rings.